The molecule has 1 atom stereocenters. The SMILES string of the molecule is COc1cccc(COC2NC3=C(COOCN3C)N2Cc2ccc(Cl)cc2)c1. The van der Waals surface area contributed by atoms with Crippen LogP contribution in [0.15, 0.2) is 60.0 Å². The number of nitrogens with zero attached hydrogens (tertiary/aromatic N) is 2. The fourth-order valence-corrected chi connectivity index (χ4v) is 3.48. The number of methoxy groups -OCH3 is 1. The first-order valence-corrected chi connectivity index (χ1v) is 9.72. The summed E-state index contributed by atoms with van der Waals surface area (Å²) in [5.41, 5.74) is 3.14. The molecule has 0 spiro atoms. The van der Waals surface area contributed by atoms with Gasteiger partial charge in [-0.3, -0.25) is 0 Å². The molecule has 0 saturated heterocycles. The van der Waals surface area contributed by atoms with E-state index >= 15 is 0 Å². The van der Waals surface area contributed by atoms with E-state index < -0.39 is 0 Å². The van der Waals surface area contributed by atoms with Crippen LogP contribution in [0.3, 0.4) is 0 Å². The average molecular weight is 418 g/mol. The molecular formula is C21H24ClN3O4. The Labute approximate surface area is 175 Å². The molecule has 2 aromatic carbocycles. The van der Waals surface area contributed by atoms with E-state index in [1.165, 1.54) is 0 Å². The van der Waals surface area contributed by atoms with E-state index in [0.717, 1.165) is 28.4 Å². The van der Waals surface area contributed by atoms with Crippen LogP contribution in [0.25, 0.3) is 0 Å². The molecule has 0 radical (unpaired) electrons. The van der Waals surface area contributed by atoms with Crippen LogP contribution < -0.4 is 10.1 Å². The van der Waals surface area contributed by atoms with Gasteiger partial charge in [0.2, 0.25) is 6.35 Å². The number of ether oxygens (including phenoxy) is 2. The second kappa shape index (κ2) is 8.92. The zero-order valence-corrected chi connectivity index (χ0v) is 17.2. The Hall–Kier alpha value is -2.45. The highest BCUT2D eigenvalue weighted by atomic mass is 35.5. The molecular weight excluding hydrogens is 394 g/mol. The van der Waals surface area contributed by atoms with Crippen molar-refractivity contribution in [3.05, 3.63) is 76.2 Å². The van der Waals surface area contributed by atoms with Crippen molar-refractivity contribution in [2.45, 2.75) is 19.5 Å². The largest absolute Gasteiger partial charge is 0.497 e. The van der Waals surface area contributed by atoms with Crippen molar-refractivity contribution in [2.24, 2.45) is 0 Å². The second-order valence-electron chi connectivity index (χ2n) is 6.92. The fourth-order valence-electron chi connectivity index (χ4n) is 3.35. The van der Waals surface area contributed by atoms with Gasteiger partial charge in [0.1, 0.15) is 18.2 Å². The molecule has 7 nitrogen and oxygen atoms in total. The number of hydrogen-bond acceptors (Lipinski definition) is 7. The Kier molecular flexibility index (Phi) is 6.10. The van der Waals surface area contributed by atoms with Crippen molar-refractivity contribution in [3.8, 4) is 5.75 Å². The third kappa shape index (κ3) is 4.59. The lowest BCUT2D eigenvalue weighted by Gasteiger charge is -2.29. The van der Waals surface area contributed by atoms with Gasteiger partial charge in [-0.05, 0) is 35.4 Å². The van der Waals surface area contributed by atoms with Gasteiger partial charge < -0.3 is 24.6 Å². The van der Waals surface area contributed by atoms with Crippen molar-refractivity contribution >= 4 is 11.6 Å². The van der Waals surface area contributed by atoms with Crippen LogP contribution in [0, 0.1) is 0 Å². The van der Waals surface area contributed by atoms with Crippen LogP contribution in [-0.2, 0) is 27.7 Å². The summed E-state index contributed by atoms with van der Waals surface area (Å²) in [6.45, 7) is 1.75. The Morgan fingerprint density at radius 3 is 2.76 bits per heavy atom. The van der Waals surface area contributed by atoms with Gasteiger partial charge in [-0.15, -0.1) is 0 Å². The first kappa shape index (κ1) is 19.8. The molecule has 8 heteroatoms. The maximum Gasteiger partial charge on any atom is 0.209 e. The molecule has 0 saturated carbocycles. The molecule has 2 heterocycles. The van der Waals surface area contributed by atoms with Gasteiger partial charge in [0.15, 0.2) is 6.73 Å². The molecule has 1 unspecified atom stereocenters. The van der Waals surface area contributed by atoms with Gasteiger partial charge in [0.25, 0.3) is 0 Å². The summed E-state index contributed by atoms with van der Waals surface area (Å²) in [4.78, 5) is 14.6. The lowest BCUT2D eigenvalue weighted by molar-refractivity contribution is -0.303. The normalized spacial score (nSPS) is 19.1. The Bertz CT molecular complexity index is 874. The van der Waals surface area contributed by atoms with Crippen LogP contribution in [-0.4, -0.2) is 43.6 Å². The summed E-state index contributed by atoms with van der Waals surface area (Å²) >= 11 is 6.04. The molecule has 2 aliphatic heterocycles. The van der Waals surface area contributed by atoms with Gasteiger partial charge in [0.05, 0.1) is 19.4 Å². The van der Waals surface area contributed by atoms with Crippen LogP contribution >= 0.6 is 11.6 Å². The lowest BCUT2D eigenvalue weighted by atomic mass is 10.2. The van der Waals surface area contributed by atoms with Crippen LogP contribution in [0.4, 0.5) is 0 Å². The maximum absolute atomic E-state index is 6.25. The number of rotatable bonds is 6. The number of benzene rings is 2. The smallest absolute Gasteiger partial charge is 0.209 e. The molecule has 29 heavy (non-hydrogen) atoms. The Balaban J connectivity index is 1.53. The molecule has 0 aromatic heterocycles. The first-order chi connectivity index (χ1) is 14.1. The van der Waals surface area contributed by atoms with Gasteiger partial charge in [-0.1, -0.05) is 35.9 Å². The quantitative estimate of drug-likeness (QED) is 0.724. The second-order valence-corrected chi connectivity index (χ2v) is 7.35. The third-order valence-electron chi connectivity index (χ3n) is 4.88. The van der Waals surface area contributed by atoms with Crippen molar-refractivity contribution in [1.29, 1.82) is 0 Å². The average Bonchev–Trinajstić information content (AvgIpc) is 2.97. The predicted octanol–water partition coefficient (Wildman–Crippen LogP) is 3.27. The molecule has 0 bridgehead atoms. The topological polar surface area (TPSA) is 55.4 Å². The number of hydrogen-bond donors (Lipinski definition) is 1. The zero-order chi connectivity index (χ0) is 20.2. The van der Waals surface area contributed by atoms with Gasteiger partial charge in [-0.25, -0.2) is 9.78 Å². The Morgan fingerprint density at radius 2 is 1.97 bits per heavy atom. The molecule has 0 aliphatic carbocycles. The van der Waals surface area contributed by atoms with Crippen molar-refractivity contribution in [1.82, 2.24) is 15.1 Å². The van der Waals surface area contributed by atoms with Crippen LogP contribution in [0.5, 0.6) is 5.75 Å². The third-order valence-corrected chi connectivity index (χ3v) is 5.13. The molecule has 4 rings (SSSR count). The minimum absolute atomic E-state index is 0.333. The first-order valence-electron chi connectivity index (χ1n) is 9.35. The molecule has 154 valence electrons. The maximum atomic E-state index is 6.25. The van der Waals surface area contributed by atoms with Crippen molar-refractivity contribution < 1.29 is 19.2 Å². The van der Waals surface area contributed by atoms with E-state index in [9.17, 15) is 0 Å². The van der Waals surface area contributed by atoms with Crippen molar-refractivity contribution in [2.75, 3.05) is 27.5 Å². The molecule has 0 amide bonds. The summed E-state index contributed by atoms with van der Waals surface area (Å²) in [7, 11) is 3.60. The fraction of sp³-hybridized carbons (Fsp3) is 0.333. The number of halogens is 1. The number of nitrogens with one attached hydrogen (secondary N) is 1. The van der Waals surface area contributed by atoms with E-state index in [1.54, 1.807) is 7.11 Å². The van der Waals surface area contributed by atoms with Gasteiger partial charge >= 0.3 is 0 Å². The summed E-state index contributed by atoms with van der Waals surface area (Å²) in [6, 6.07) is 15.7. The van der Waals surface area contributed by atoms with E-state index in [2.05, 4.69) is 10.2 Å². The molecule has 2 aliphatic rings. The highest BCUT2D eigenvalue weighted by Crippen LogP contribution is 2.28. The molecule has 0 fully saturated rings. The highest BCUT2D eigenvalue weighted by Gasteiger charge is 2.35. The van der Waals surface area contributed by atoms with Crippen molar-refractivity contribution in [3.63, 3.8) is 0 Å². The van der Waals surface area contributed by atoms with E-state index in [0.29, 0.717) is 31.5 Å². The summed E-state index contributed by atoms with van der Waals surface area (Å²) < 4.78 is 11.6. The lowest BCUT2D eigenvalue weighted by Crippen LogP contribution is -2.41. The molecule has 1 N–H and O–H groups in total. The van der Waals surface area contributed by atoms with E-state index in [1.807, 2.05) is 60.5 Å². The Morgan fingerprint density at radius 1 is 1.14 bits per heavy atom. The monoisotopic (exact) mass is 417 g/mol. The molecule has 2 aromatic rings. The van der Waals surface area contributed by atoms with Crippen LogP contribution in [0.2, 0.25) is 5.02 Å². The summed E-state index contributed by atoms with van der Waals surface area (Å²) in [6.07, 6.45) is -0.342. The van der Waals surface area contributed by atoms with Crippen LogP contribution in [0.1, 0.15) is 11.1 Å². The minimum atomic E-state index is -0.342. The standard InChI is InChI=1S/C21H24ClN3O4/c1-24-14-29-28-13-19-20(24)23-21(25(19)11-15-6-8-17(22)9-7-15)27-12-16-4-3-5-18(10-16)26-2/h3-10,21,23H,11-14H2,1-2H3. The van der Waals surface area contributed by atoms with Gasteiger partial charge in [-0.2, -0.15) is 0 Å². The zero-order valence-electron chi connectivity index (χ0n) is 16.4. The minimum Gasteiger partial charge on any atom is -0.497 e. The van der Waals surface area contributed by atoms with E-state index in [4.69, 9.17) is 30.8 Å². The highest BCUT2D eigenvalue weighted by molar-refractivity contribution is 6.30. The van der Waals surface area contributed by atoms with E-state index in [-0.39, 0.29) is 6.35 Å². The predicted molar refractivity (Wildman–Crippen MR) is 108 cm³/mol. The van der Waals surface area contributed by atoms with Gasteiger partial charge in [0, 0.05) is 18.6 Å². The summed E-state index contributed by atoms with van der Waals surface area (Å²) in [5.74, 6) is 1.75. The summed E-state index contributed by atoms with van der Waals surface area (Å²) in [5, 5.41) is 4.17.